The molecule has 0 unspecified atom stereocenters. The number of rotatable bonds is 3. The molecule has 2 amide bonds. The van der Waals surface area contributed by atoms with Crippen molar-refractivity contribution in [2.45, 2.75) is 18.6 Å². The number of hydrogen-bond acceptors (Lipinski definition) is 4. The molecule has 2 heterocycles. The van der Waals surface area contributed by atoms with Crippen molar-refractivity contribution in [3.63, 3.8) is 0 Å². The van der Waals surface area contributed by atoms with Gasteiger partial charge in [0, 0.05) is 11.6 Å². The van der Waals surface area contributed by atoms with Crippen molar-refractivity contribution >= 4 is 23.4 Å². The van der Waals surface area contributed by atoms with Gasteiger partial charge in [0.25, 0.3) is 0 Å². The number of halogens is 1. The fraction of sp³-hybridized carbons (Fsp3) is 0.222. The van der Waals surface area contributed by atoms with Crippen LogP contribution >= 0.6 is 11.6 Å². The van der Waals surface area contributed by atoms with Gasteiger partial charge in [0.15, 0.2) is 0 Å². The van der Waals surface area contributed by atoms with Gasteiger partial charge in [-0.05, 0) is 17.2 Å². The number of fused-ring (bicyclic) bond motifs is 1. The zero-order chi connectivity index (χ0) is 16.7. The molecule has 0 aliphatic carbocycles. The topological polar surface area (TPSA) is 61.4 Å². The summed E-state index contributed by atoms with van der Waals surface area (Å²) in [6.07, 6.45) is 0. The molecule has 2 aromatic rings. The molecule has 2 aromatic carbocycles. The van der Waals surface area contributed by atoms with Crippen molar-refractivity contribution in [2.24, 2.45) is 5.92 Å². The first-order chi connectivity index (χ1) is 11.6. The van der Waals surface area contributed by atoms with Gasteiger partial charge < -0.3 is 0 Å². The lowest BCUT2D eigenvalue weighted by molar-refractivity contribution is -0.127. The van der Waals surface area contributed by atoms with Crippen LogP contribution in [0.3, 0.4) is 0 Å². The van der Waals surface area contributed by atoms with E-state index in [1.165, 1.54) is 0 Å². The third-order valence-corrected chi connectivity index (χ3v) is 4.94. The van der Waals surface area contributed by atoms with E-state index in [-0.39, 0.29) is 17.9 Å². The van der Waals surface area contributed by atoms with Gasteiger partial charge in [0.05, 0.1) is 12.0 Å². The Balaban J connectivity index is 1.69. The molecule has 2 fully saturated rings. The Morgan fingerprint density at radius 2 is 1.67 bits per heavy atom. The molecule has 3 atom stereocenters. The quantitative estimate of drug-likeness (QED) is 0.839. The fourth-order valence-corrected chi connectivity index (χ4v) is 3.76. The standard InChI is InChI=1S/C18H16ClN3O2/c19-13-9-5-4-8-12(13)15-14-16(18(24)20-17(14)23)22(21-15)10-11-6-2-1-3-7-11/h1-9,14-16,21H,10H2,(H,20,23,24)/t14-,15+,16-/m0/s1. The Labute approximate surface area is 144 Å². The number of imide groups is 1. The number of nitrogens with one attached hydrogen (secondary N) is 2. The molecule has 2 saturated heterocycles. The zero-order valence-electron chi connectivity index (χ0n) is 12.8. The number of hydrazine groups is 1. The van der Waals surface area contributed by atoms with Crippen molar-refractivity contribution < 1.29 is 9.59 Å². The molecule has 2 N–H and O–H groups in total. The highest BCUT2D eigenvalue weighted by Crippen LogP contribution is 2.39. The van der Waals surface area contributed by atoms with Crippen molar-refractivity contribution in [1.82, 2.24) is 15.8 Å². The van der Waals surface area contributed by atoms with Gasteiger partial charge in [-0.1, -0.05) is 60.1 Å². The van der Waals surface area contributed by atoms with Gasteiger partial charge in [0.1, 0.15) is 6.04 Å². The highest BCUT2D eigenvalue weighted by Gasteiger charge is 2.55. The predicted molar refractivity (Wildman–Crippen MR) is 89.7 cm³/mol. The Bertz CT molecular complexity index is 796. The molecule has 2 aliphatic rings. The number of carbonyl (C=O) groups excluding carboxylic acids is 2. The summed E-state index contributed by atoms with van der Waals surface area (Å²) in [4.78, 5) is 24.6. The summed E-state index contributed by atoms with van der Waals surface area (Å²) in [5.41, 5.74) is 5.22. The monoisotopic (exact) mass is 341 g/mol. The first-order valence-corrected chi connectivity index (χ1v) is 8.19. The molecule has 0 aromatic heterocycles. The third kappa shape index (κ3) is 2.51. The van der Waals surface area contributed by atoms with E-state index in [2.05, 4.69) is 10.7 Å². The van der Waals surface area contributed by atoms with Crippen molar-refractivity contribution in [3.8, 4) is 0 Å². The van der Waals surface area contributed by atoms with Crippen LogP contribution in [0.2, 0.25) is 5.02 Å². The van der Waals surface area contributed by atoms with Gasteiger partial charge in [-0.15, -0.1) is 0 Å². The van der Waals surface area contributed by atoms with E-state index in [4.69, 9.17) is 11.6 Å². The van der Waals surface area contributed by atoms with Crippen LogP contribution in [0.25, 0.3) is 0 Å². The Morgan fingerprint density at radius 1 is 0.958 bits per heavy atom. The summed E-state index contributed by atoms with van der Waals surface area (Å²) >= 11 is 6.31. The lowest BCUT2D eigenvalue weighted by atomic mass is 9.91. The maximum Gasteiger partial charge on any atom is 0.246 e. The Hall–Kier alpha value is -2.21. The van der Waals surface area contributed by atoms with Crippen LogP contribution < -0.4 is 10.7 Å². The van der Waals surface area contributed by atoms with E-state index >= 15 is 0 Å². The molecular weight excluding hydrogens is 326 g/mol. The first kappa shape index (κ1) is 15.3. The second kappa shape index (κ2) is 6.02. The minimum Gasteiger partial charge on any atom is -0.295 e. The molecule has 2 aliphatic heterocycles. The van der Waals surface area contributed by atoms with Gasteiger partial charge in [-0.25, -0.2) is 10.4 Å². The minimum atomic E-state index is -0.529. The summed E-state index contributed by atoms with van der Waals surface area (Å²) in [6, 6.07) is 16.4. The van der Waals surface area contributed by atoms with Crippen molar-refractivity contribution in [3.05, 3.63) is 70.7 Å². The maximum absolute atomic E-state index is 12.3. The van der Waals surface area contributed by atoms with Crippen LogP contribution in [-0.4, -0.2) is 22.9 Å². The zero-order valence-corrected chi connectivity index (χ0v) is 13.5. The average molecular weight is 342 g/mol. The minimum absolute atomic E-state index is 0.252. The predicted octanol–water partition coefficient (Wildman–Crippen LogP) is 2.04. The maximum atomic E-state index is 12.3. The molecule has 5 nitrogen and oxygen atoms in total. The van der Waals surface area contributed by atoms with Crippen molar-refractivity contribution in [1.29, 1.82) is 0 Å². The van der Waals surface area contributed by atoms with E-state index in [0.717, 1.165) is 11.1 Å². The van der Waals surface area contributed by atoms with Crippen LogP contribution in [0.5, 0.6) is 0 Å². The summed E-state index contributed by atoms with van der Waals surface area (Å²) in [5, 5.41) is 4.88. The molecule has 24 heavy (non-hydrogen) atoms. The Morgan fingerprint density at radius 3 is 2.42 bits per heavy atom. The number of carbonyl (C=O) groups is 2. The summed E-state index contributed by atoms with van der Waals surface area (Å²) in [6.45, 7) is 0.531. The van der Waals surface area contributed by atoms with Crippen LogP contribution in [0.4, 0.5) is 0 Å². The normalized spacial score (nSPS) is 26.5. The molecule has 0 spiro atoms. The molecule has 0 saturated carbocycles. The Kier molecular flexibility index (Phi) is 3.84. The number of hydrogen-bond donors (Lipinski definition) is 2. The average Bonchev–Trinajstić information content (AvgIpc) is 3.09. The third-order valence-electron chi connectivity index (χ3n) is 4.59. The van der Waals surface area contributed by atoms with Crippen LogP contribution in [-0.2, 0) is 16.1 Å². The van der Waals surface area contributed by atoms with Gasteiger partial charge in [-0.2, -0.15) is 0 Å². The second-order valence-electron chi connectivity index (χ2n) is 6.07. The summed E-state index contributed by atoms with van der Waals surface area (Å²) in [7, 11) is 0. The van der Waals surface area contributed by atoms with Gasteiger partial charge in [0.2, 0.25) is 11.8 Å². The lowest BCUT2D eigenvalue weighted by Crippen LogP contribution is -2.43. The largest absolute Gasteiger partial charge is 0.295 e. The highest BCUT2D eigenvalue weighted by molar-refractivity contribution is 6.31. The van der Waals surface area contributed by atoms with Crippen LogP contribution in [0, 0.1) is 5.92 Å². The molecule has 6 heteroatoms. The van der Waals surface area contributed by atoms with E-state index in [1.54, 1.807) is 6.07 Å². The van der Waals surface area contributed by atoms with Gasteiger partial charge in [-0.3, -0.25) is 14.9 Å². The second-order valence-corrected chi connectivity index (χ2v) is 6.47. The number of nitrogens with zero attached hydrogens (tertiary/aromatic N) is 1. The molecule has 122 valence electrons. The van der Waals surface area contributed by atoms with Crippen molar-refractivity contribution in [2.75, 3.05) is 0 Å². The van der Waals surface area contributed by atoms with E-state index in [0.29, 0.717) is 11.6 Å². The SMILES string of the molecule is O=C1NC(=O)[C@@H]2[C@@H]1[C@@H](c1ccccc1Cl)NN2Cc1ccccc1. The highest BCUT2D eigenvalue weighted by atomic mass is 35.5. The molecule has 0 radical (unpaired) electrons. The summed E-state index contributed by atoms with van der Waals surface area (Å²) in [5.74, 6) is -0.998. The van der Waals surface area contributed by atoms with E-state index in [9.17, 15) is 9.59 Å². The smallest absolute Gasteiger partial charge is 0.246 e. The first-order valence-electron chi connectivity index (χ1n) is 7.81. The summed E-state index contributed by atoms with van der Waals surface area (Å²) < 4.78 is 0. The number of amides is 2. The van der Waals surface area contributed by atoms with Gasteiger partial charge >= 0.3 is 0 Å². The van der Waals surface area contributed by atoms with Crippen LogP contribution in [0.1, 0.15) is 17.2 Å². The number of benzene rings is 2. The van der Waals surface area contributed by atoms with E-state index in [1.807, 2.05) is 53.5 Å². The molecule has 4 rings (SSSR count). The lowest BCUT2D eigenvalue weighted by Gasteiger charge is -2.22. The van der Waals surface area contributed by atoms with E-state index < -0.39 is 12.0 Å². The van der Waals surface area contributed by atoms with Crippen LogP contribution in [0.15, 0.2) is 54.6 Å². The fourth-order valence-electron chi connectivity index (χ4n) is 3.51. The molecular formula is C18H16ClN3O2. The molecule has 0 bridgehead atoms.